The summed E-state index contributed by atoms with van der Waals surface area (Å²) in [7, 11) is 3.98. The Balaban J connectivity index is 1.88. The lowest BCUT2D eigenvalue weighted by Gasteiger charge is -2.16. The molecule has 1 aliphatic heterocycles. The molecule has 0 aromatic heterocycles. The monoisotopic (exact) mass is 320 g/mol. The highest BCUT2D eigenvalue weighted by Gasteiger charge is 2.43. The number of hydrogen-bond donors (Lipinski definition) is 0. The highest BCUT2D eigenvalue weighted by Crippen LogP contribution is 2.38. The molecule has 0 saturated heterocycles. The van der Waals surface area contributed by atoms with Crippen molar-refractivity contribution < 1.29 is 9.37 Å². The summed E-state index contributed by atoms with van der Waals surface area (Å²) < 4.78 is 2.20. The number of benzene rings is 2. The number of nitrogens with zero attached hydrogens (tertiary/aromatic N) is 3. The van der Waals surface area contributed by atoms with Gasteiger partial charge in [-0.25, -0.2) is 0 Å². The Morgan fingerprint density at radius 1 is 1.08 bits per heavy atom. The Hall–Kier alpha value is -2.75. The molecule has 0 saturated carbocycles. The summed E-state index contributed by atoms with van der Waals surface area (Å²) in [5.41, 5.74) is 5.21. The minimum atomic E-state index is -0.0863. The van der Waals surface area contributed by atoms with Crippen molar-refractivity contribution in [2.45, 2.75) is 19.3 Å². The van der Waals surface area contributed by atoms with Gasteiger partial charge in [0, 0.05) is 24.2 Å². The summed E-state index contributed by atoms with van der Waals surface area (Å²) >= 11 is 0. The second-order valence-electron chi connectivity index (χ2n) is 6.56. The van der Waals surface area contributed by atoms with Gasteiger partial charge in [-0.2, -0.15) is 9.68 Å². The van der Waals surface area contributed by atoms with Crippen molar-refractivity contribution in [1.29, 1.82) is 0 Å². The number of aldehydes is 1. The number of hydrazone groups is 1. The molecule has 0 N–H and O–H groups in total. The first-order valence-electron chi connectivity index (χ1n) is 7.99. The zero-order valence-electron chi connectivity index (χ0n) is 14.5. The van der Waals surface area contributed by atoms with Gasteiger partial charge in [0.25, 0.3) is 0 Å². The van der Waals surface area contributed by atoms with E-state index in [2.05, 4.69) is 54.8 Å². The topological polar surface area (TPSA) is 35.7 Å². The number of rotatable bonds is 4. The lowest BCUT2D eigenvalue weighted by molar-refractivity contribution is -0.400. The van der Waals surface area contributed by atoms with E-state index in [1.807, 2.05) is 30.4 Å². The number of hydrogen-bond acceptors (Lipinski definition) is 3. The minimum Gasteiger partial charge on any atom is -0.298 e. The van der Waals surface area contributed by atoms with E-state index in [-0.39, 0.29) is 5.41 Å². The molecule has 1 aliphatic rings. The largest absolute Gasteiger partial charge is 0.298 e. The molecule has 2 aromatic carbocycles. The maximum absolute atomic E-state index is 10.8. The van der Waals surface area contributed by atoms with Crippen LogP contribution in [0, 0.1) is 0 Å². The van der Waals surface area contributed by atoms with E-state index in [0.29, 0.717) is 5.56 Å². The van der Waals surface area contributed by atoms with E-state index in [0.717, 1.165) is 17.7 Å². The normalized spacial score (nSPS) is 15.7. The van der Waals surface area contributed by atoms with E-state index in [4.69, 9.17) is 0 Å². The van der Waals surface area contributed by atoms with Crippen LogP contribution in [0.25, 0.3) is 0 Å². The number of para-hydroxylation sites is 1. The van der Waals surface area contributed by atoms with Gasteiger partial charge >= 0.3 is 0 Å². The lowest BCUT2D eigenvalue weighted by atomic mass is 9.82. The summed E-state index contributed by atoms with van der Waals surface area (Å²) in [5.74, 6) is 0. The molecule has 0 radical (unpaired) electrons. The molecule has 0 aliphatic carbocycles. The van der Waals surface area contributed by atoms with Gasteiger partial charge in [-0.05, 0) is 38.1 Å². The molecule has 0 bridgehead atoms. The molecule has 4 nitrogen and oxygen atoms in total. The van der Waals surface area contributed by atoms with Crippen molar-refractivity contribution >= 4 is 29.6 Å². The van der Waals surface area contributed by atoms with Crippen LogP contribution < -0.4 is 5.01 Å². The fraction of sp³-hybridized carbons (Fsp3) is 0.250. The molecule has 122 valence electrons. The van der Waals surface area contributed by atoms with Gasteiger partial charge < -0.3 is 0 Å². The zero-order chi connectivity index (χ0) is 17.3. The van der Waals surface area contributed by atoms with Crippen LogP contribution in [0.15, 0.2) is 53.6 Å². The van der Waals surface area contributed by atoms with Gasteiger partial charge in [-0.3, -0.25) is 9.80 Å². The van der Waals surface area contributed by atoms with Crippen LogP contribution in [-0.2, 0) is 5.41 Å². The smallest absolute Gasteiger partial charge is 0.212 e. The van der Waals surface area contributed by atoms with Crippen LogP contribution in [0.5, 0.6) is 0 Å². The van der Waals surface area contributed by atoms with E-state index in [1.54, 1.807) is 12.1 Å². The maximum Gasteiger partial charge on any atom is 0.212 e. The van der Waals surface area contributed by atoms with E-state index in [1.165, 1.54) is 11.3 Å². The average Bonchev–Trinajstić information content (AvgIpc) is 2.80. The fourth-order valence-electron chi connectivity index (χ4n) is 3.21. The number of fused-ring (bicyclic) bond motifs is 1. The van der Waals surface area contributed by atoms with Crippen LogP contribution >= 0.6 is 0 Å². The molecule has 0 spiro atoms. The van der Waals surface area contributed by atoms with E-state index in [9.17, 15) is 4.79 Å². The molecule has 0 fully saturated rings. The van der Waals surface area contributed by atoms with Crippen molar-refractivity contribution in [3.63, 3.8) is 0 Å². The van der Waals surface area contributed by atoms with Gasteiger partial charge in [0.2, 0.25) is 11.4 Å². The van der Waals surface area contributed by atoms with Crippen LogP contribution in [0.1, 0.15) is 29.8 Å². The predicted octanol–water partition coefficient (Wildman–Crippen LogP) is 3.63. The van der Waals surface area contributed by atoms with Crippen molar-refractivity contribution in [3.05, 3.63) is 59.7 Å². The van der Waals surface area contributed by atoms with Gasteiger partial charge in [-0.1, -0.05) is 18.2 Å². The summed E-state index contributed by atoms with van der Waals surface area (Å²) in [6.07, 6.45) is 2.77. The molecule has 0 atom stereocenters. The van der Waals surface area contributed by atoms with Crippen molar-refractivity contribution in [2.24, 2.45) is 5.10 Å². The zero-order valence-corrected chi connectivity index (χ0v) is 14.5. The molecule has 0 unspecified atom stereocenters. The SMILES string of the molecule is CN(/N=C/C1=[N+](C)c2ccccc2C1(C)C)c1ccc(C=O)cc1. The van der Waals surface area contributed by atoms with Crippen LogP contribution in [0.4, 0.5) is 11.4 Å². The molecule has 3 rings (SSSR count). The van der Waals surface area contributed by atoms with Gasteiger partial charge in [-0.15, -0.1) is 0 Å². The molecule has 0 amide bonds. The lowest BCUT2D eigenvalue weighted by Crippen LogP contribution is -2.30. The highest BCUT2D eigenvalue weighted by molar-refractivity contribution is 6.33. The quantitative estimate of drug-likeness (QED) is 0.373. The standard InChI is InChI=1S/C20H22N3O/c1-20(2)17-7-5-6-8-18(17)22(3)19(20)13-21-23(4)16-11-9-15(14-24)10-12-16/h5-14H,1-4H3/q+1. The van der Waals surface area contributed by atoms with Gasteiger partial charge in [0.15, 0.2) is 0 Å². The molecule has 1 heterocycles. The Kier molecular flexibility index (Phi) is 4.06. The summed E-state index contributed by atoms with van der Waals surface area (Å²) in [6, 6.07) is 15.8. The third-order valence-corrected chi connectivity index (χ3v) is 4.70. The highest BCUT2D eigenvalue weighted by atomic mass is 16.1. The van der Waals surface area contributed by atoms with Crippen molar-refractivity contribution in [2.75, 3.05) is 19.1 Å². The summed E-state index contributed by atoms with van der Waals surface area (Å²) in [6.45, 7) is 4.44. The second kappa shape index (κ2) is 6.04. The molecule has 4 heteroatoms. The third kappa shape index (κ3) is 2.64. The van der Waals surface area contributed by atoms with Crippen molar-refractivity contribution in [3.8, 4) is 0 Å². The fourth-order valence-corrected chi connectivity index (χ4v) is 3.21. The number of carbonyl (C=O) groups is 1. The predicted molar refractivity (Wildman–Crippen MR) is 99.0 cm³/mol. The molecule has 24 heavy (non-hydrogen) atoms. The second-order valence-corrected chi connectivity index (χ2v) is 6.56. The average molecular weight is 320 g/mol. The van der Waals surface area contributed by atoms with Gasteiger partial charge in [0.1, 0.15) is 19.5 Å². The Morgan fingerprint density at radius 2 is 1.75 bits per heavy atom. The third-order valence-electron chi connectivity index (χ3n) is 4.70. The van der Waals surface area contributed by atoms with E-state index < -0.39 is 0 Å². The minimum absolute atomic E-state index is 0.0863. The number of carbonyl (C=O) groups excluding carboxylic acids is 1. The van der Waals surface area contributed by atoms with Crippen LogP contribution in [0.2, 0.25) is 0 Å². The Labute approximate surface area is 142 Å². The summed E-state index contributed by atoms with van der Waals surface area (Å²) in [4.78, 5) is 10.8. The maximum atomic E-state index is 10.8. The molecular formula is C20H22N3O+. The molecule has 2 aromatic rings. The Bertz CT molecular complexity index is 832. The van der Waals surface area contributed by atoms with E-state index >= 15 is 0 Å². The van der Waals surface area contributed by atoms with Gasteiger partial charge in [0.05, 0.1) is 11.1 Å². The summed E-state index contributed by atoms with van der Waals surface area (Å²) in [5, 5.41) is 6.42. The Morgan fingerprint density at radius 3 is 2.38 bits per heavy atom. The molecular weight excluding hydrogens is 298 g/mol. The van der Waals surface area contributed by atoms with Crippen molar-refractivity contribution in [1.82, 2.24) is 0 Å². The van der Waals surface area contributed by atoms with Crippen LogP contribution in [0.3, 0.4) is 0 Å². The first kappa shape index (κ1) is 16.1. The first-order chi connectivity index (χ1) is 11.4. The first-order valence-corrected chi connectivity index (χ1v) is 7.99. The van der Waals surface area contributed by atoms with Crippen LogP contribution in [-0.4, -0.2) is 36.9 Å². The number of anilines is 1.